The standard InChI is InChI=1S/C20H25ClN4O/c1-20(2,3)15-8-6-14(7-9-15)17-13-24(11-12-25(17)19(22)26)18-16(21)5-4-10-23-18/h4-10,17H,11-13H2,1-3H3,(H2,22,26). The fraction of sp³-hybridized carbons (Fsp3) is 0.400. The third kappa shape index (κ3) is 3.78. The Kier molecular flexibility index (Phi) is 5.10. The largest absolute Gasteiger partial charge is 0.351 e. The lowest BCUT2D eigenvalue weighted by Crippen LogP contribution is -2.52. The molecular formula is C20H25ClN4O. The molecule has 2 N–H and O–H groups in total. The molecule has 2 heterocycles. The monoisotopic (exact) mass is 372 g/mol. The van der Waals surface area contributed by atoms with Gasteiger partial charge in [-0.2, -0.15) is 0 Å². The van der Waals surface area contributed by atoms with Gasteiger partial charge in [0.25, 0.3) is 0 Å². The first-order valence-electron chi connectivity index (χ1n) is 8.79. The Morgan fingerprint density at radius 1 is 1.19 bits per heavy atom. The van der Waals surface area contributed by atoms with Gasteiger partial charge >= 0.3 is 6.03 Å². The molecule has 1 unspecified atom stereocenters. The second-order valence-electron chi connectivity index (χ2n) is 7.67. The molecule has 1 aliphatic heterocycles. The molecule has 0 radical (unpaired) electrons. The number of benzene rings is 1. The number of aromatic nitrogens is 1. The fourth-order valence-electron chi connectivity index (χ4n) is 3.34. The van der Waals surface area contributed by atoms with Crippen LogP contribution in [0, 0.1) is 0 Å². The molecule has 1 saturated heterocycles. The van der Waals surface area contributed by atoms with Crippen LogP contribution in [-0.2, 0) is 5.41 Å². The fourth-order valence-corrected chi connectivity index (χ4v) is 3.58. The maximum Gasteiger partial charge on any atom is 0.315 e. The molecule has 6 heteroatoms. The second-order valence-corrected chi connectivity index (χ2v) is 8.08. The Morgan fingerprint density at radius 2 is 1.88 bits per heavy atom. The predicted octanol–water partition coefficient (Wildman–Crippen LogP) is 3.97. The van der Waals surface area contributed by atoms with Crippen LogP contribution in [0.2, 0.25) is 5.02 Å². The van der Waals surface area contributed by atoms with Gasteiger partial charge in [0.1, 0.15) is 5.82 Å². The van der Waals surface area contributed by atoms with Gasteiger partial charge < -0.3 is 15.5 Å². The maximum atomic E-state index is 12.0. The van der Waals surface area contributed by atoms with E-state index in [1.807, 2.05) is 12.1 Å². The van der Waals surface area contributed by atoms with Gasteiger partial charge in [0.15, 0.2) is 0 Å². The molecule has 2 amide bonds. The smallest absolute Gasteiger partial charge is 0.315 e. The molecule has 1 atom stereocenters. The normalized spacial score (nSPS) is 18.1. The summed E-state index contributed by atoms with van der Waals surface area (Å²) in [4.78, 5) is 20.2. The molecule has 1 fully saturated rings. The molecule has 0 aliphatic carbocycles. The Bertz CT molecular complexity index is 785. The van der Waals surface area contributed by atoms with E-state index in [9.17, 15) is 4.79 Å². The SMILES string of the molecule is CC(C)(C)c1ccc(C2CN(c3ncccc3Cl)CCN2C(N)=O)cc1. The van der Waals surface area contributed by atoms with E-state index in [2.05, 4.69) is 54.9 Å². The number of rotatable bonds is 2. The number of carbonyl (C=O) groups is 1. The number of amides is 2. The van der Waals surface area contributed by atoms with Crippen molar-refractivity contribution in [2.75, 3.05) is 24.5 Å². The lowest BCUT2D eigenvalue weighted by Gasteiger charge is -2.41. The quantitative estimate of drug-likeness (QED) is 0.867. The first-order chi connectivity index (χ1) is 12.3. The van der Waals surface area contributed by atoms with Crippen molar-refractivity contribution in [3.63, 3.8) is 0 Å². The highest BCUT2D eigenvalue weighted by molar-refractivity contribution is 6.32. The third-order valence-corrected chi connectivity index (χ3v) is 5.16. The van der Waals surface area contributed by atoms with Crippen LogP contribution >= 0.6 is 11.6 Å². The van der Waals surface area contributed by atoms with Crippen LogP contribution in [0.15, 0.2) is 42.6 Å². The van der Waals surface area contributed by atoms with Crippen molar-refractivity contribution in [1.82, 2.24) is 9.88 Å². The highest BCUT2D eigenvalue weighted by atomic mass is 35.5. The average Bonchev–Trinajstić information content (AvgIpc) is 2.61. The van der Waals surface area contributed by atoms with Gasteiger partial charge in [-0.25, -0.2) is 9.78 Å². The molecule has 0 saturated carbocycles. The minimum atomic E-state index is -0.401. The van der Waals surface area contributed by atoms with Crippen molar-refractivity contribution in [1.29, 1.82) is 0 Å². The van der Waals surface area contributed by atoms with Gasteiger partial charge in [-0.15, -0.1) is 0 Å². The zero-order valence-electron chi connectivity index (χ0n) is 15.4. The highest BCUT2D eigenvalue weighted by Gasteiger charge is 2.32. The average molecular weight is 373 g/mol. The number of hydrogen-bond acceptors (Lipinski definition) is 3. The topological polar surface area (TPSA) is 62.5 Å². The van der Waals surface area contributed by atoms with E-state index in [4.69, 9.17) is 17.3 Å². The van der Waals surface area contributed by atoms with E-state index in [-0.39, 0.29) is 11.5 Å². The molecule has 26 heavy (non-hydrogen) atoms. The van der Waals surface area contributed by atoms with Crippen LogP contribution in [0.3, 0.4) is 0 Å². The van der Waals surface area contributed by atoms with E-state index in [1.165, 1.54) is 5.56 Å². The van der Waals surface area contributed by atoms with Gasteiger partial charge in [-0.3, -0.25) is 0 Å². The molecule has 0 spiro atoms. The Hall–Kier alpha value is -2.27. The minimum absolute atomic E-state index is 0.0853. The van der Waals surface area contributed by atoms with Gasteiger partial charge in [0, 0.05) is 25.8 Å². The number of urea groups is 1. The van der Waals surface area contributed by atoms with E-state index in [0.717, 1.165) is 11.4 Å². The van der Waals surface area contributed by atoms with Gasteiger partial charge in [-0.05, 0) is 28.7 Å². The van der Waals surface area contributed by atoms with E-state index in [0.29, 0.717) is 24.7 Å². The van der Waals surface area contributed by atoms with Crippen molar-refractivity contribution < 1.29 is 4.79 Å². The molecule has 0 bridgehead atoms. The summed E-state index contributed by atoms with van der Waals surface area (Å²) in [6.07, 6.45) is 1.73. The number of carbonyl (C=O) groups excluding carboxylic acids is 1. The zero-order valence-corrected chi connectivity index (χ0v) is 16.2. The van der Waals surface area contributed by atoms with Crippen LogP contribution in [0.25, 0.3) is 0 Å². The summed E-state index contributed by atoms with van der Waals surface area (Å²) < 4.78 is 0. The van der Waals surface area contributed by atoms with Crippen molar-refractivity contribution in [2.24, 2.45) is 5.73 Å². The van der Waals surface area contributed by atoms with Gasteiger partial charge in [-0.1, -0.05) is 56.6 Å². The maximum absolute atomic E-state index is 12.0. The summed E-state index contributed by atoms with van der Waals surface area (Å²) >= 11 is 6.31. The van der Waals surface area contributed by atoms with Crippen molar-refractivity contribution in [2.45, 2.75) is 32.2 Å². The Balaban J connectivity index is 1.90. The molecule has 1 aromatic carbocycles. The minimum Gasteiger partial charge on any atom is -0.351 e. The second kappa shape index (κ2) is 7.16. The zero-order chi connectivity index (χ0) is 18.9. The molecule has 5 nitrogen and oxygen atoms in total. The molecule has 1 aliphatic rings. The number of anilines is 1. The summed E-state index contributed by atoms with van der Waals surface area (Å²) in [6.45, 7) is 8.34. The predicted molar refractivity (Wildman–Crippen MR) is 106 cm³/mol. The summed E-state index contributed by atoms with van der Waals surface area (Å²) in [5, 5.41) is 0.613. The lowest BCUT2D eigenvalue weighted by atomic mass is 9.86. The molecule has 1 aromatic heterocycles. The molecular weight excluding hydrogens is 348 g/mol. The third-order valence-electron chi connectivity index (χ3n) is 4.86. The Labute approximate surface area is 159 Å². The van der Waals surface area contributed by atoms with E-state index >= 15 is 0 Å². The molecule has 138 valence electrons. The number of hydrogen-bond donors (Lipinski definition) is 1. The summed E-state index contributed by atoms with van der Waals surface area (Å²) in [7, 11) is 0. The number of nitrogens with two attached hydrogens (primary N) is 1. The molecule has 2 aromatic rings. The number of primary amides is 1. The van der Waals surface area contributed by atoms with E-state index in [1.54, 1.807) is 11.1 Å². The van der Waals surface area contributed by atoms with Gasteiger partial charge in [0.2, 0.25) is 0 Å². The first kappa shape index (κ1) is 18.5. The number of halogens is 1. The number of nitrogens with zero attached hydrogens (tertiary/aromatic N) is 3. The van der Waals surface area contributed by atoms with Crippen LogP contribution in [0.1, 0.15) is 37.9 Å². The van der Waals surface area contributed by atoms with Crippen LogP contribution in [-0.4, -0.2) is 35.5 Å². The van der Waals surface area contributed by atoms with Crippen molar-refractivity contribution in [3.8, 4) is 0 Å². The van der Waals surface area contributed by atoms with Crippen molar-refractivity contribution in [3.05, 3.63) is 58.7 Å². The first-order valence-corrected chi connectivity index (χ1v) is 9.17. The number of pyridine rings is 1. The summed E-state index contributed by atoms with van der Waals surface area (Å²) in [5.74, 6) is 0.745. The summed E-state index contributed by atoms with van der Waals surface area (Å²) in [5.41, 5.74) is 8.04. The lowest BCUT2D eigenvalue weighted by molar-refractivity contribution is 0.175. The number of piperazine rings is 1. The van der Waals surface area contributed by atoms with Crippen LogP contribution < -0.4 is 10.6 Å². The van der Waals surface area contributed by atoms with Crippen molar-refractivity contribution >= 4 is 23.4 Å². The molecule has 3 rings (SSSR count). The Morgan fingerprint density at radius 3 is 2.46 bits per heavy atom. The summed E-state index contributed by atoms with van der Waals surface area (Å²) in [6, 6.07) is 11.5. The van der Waals surface area contributed by atoms with Gasteiger partial charge in [0.05, 0.1) is 11.1 Å². The highest BCUT2D eigenvalue weighted by Crippen LogP contribution is 2.32. The van der Waals surface area contributed by atoms with Crippen LogP contribution in [0.5, 0.6) is 0 Å². The van der Waals surface area contributed by atoms with E-state index < -0.39 is 6.03 Å². The van der Waals surface area contributed by atoms with Crippen LogP contribution in [0.4, 0.5) is 10.6 Å².